The van der Waals surface area contributed by atoms with Crippen LogP contribution < -0.4 is 5.32 Å². The third kappa shape index (κ3) is 2.64. The zero-order chi connectivity index (χ0) is 13.1. The Morgan fingerprint density at radius 2 is 2.39 bits per heavy atom. The summed E-state index contributed by atoms with van der Waals surface area (Å²) in [4.78, 5) is 28.3. The Morgan fingerprint density at radius 3 is 3.06 bits per heavy atom. The summed E-state index contributed by atoms with van der Waals surface area (Å²) < 4.78 is 13.3. The van der Waals surface area contributed by atoms with Crippen LogP contribution in [0.4, 0.5) is 4.39 Å². The summed E-state index contributed by atoms with van der Waals surface area (Å²) in [7, 11) is 1.69. The number of amides is 2. The summed E-state index contributed by atoms with van der Waals surface area (Å²) in [6.07, 6.45) is 3.36. The second kappa shape index (κ2) is 5.12. The van der Waals surface area contributed by atoms with Crippen molar-refractivity contribution in [2.45, 2.75) is 18.9 Å². The van der Waals surface area contributed by atoms with E-state index in [2.05, 4.69) is 10.3 Å². The van der Waals surface area contributed by atoms with E-state index in [0.717, 1.165) is 6.20 Å². The van der Waals surface area contributed by atoms with Crippen LogP contribution in [-0.2, 0) is 4.79 Å². The lowest BCUT2D eigenvalue weighted by Gasteiger charge is -2.30. The number of piperidine rings is 1. The molecule has 0 spiro atoms. The van der Waals surface area contributed by atoms with Crippen molar-refractivity contribution < 1.29 is 14.0 Å². The molecule has 1 atom stereocenters. The maximum absolute atomic E-state index is 13.3. The van der Waals surface area contributed by atoms with E-state index in [-0.39, 0.29) is 17.5 Å². The average Bonchev–Trinajstić information content (AvgIpc) is 2.34. The predicted molar refractivity (Wildman–Crippen MR) is 62.3 cm³/mol. The van der Waals surface area contributed by atoms with Crippen molar-refractivity contribution in [3.63, 3.8) is 0 Å². The summed E-state index contributed by atoms with van der Waals surface area (Å²) in [6.45, 7) is 0.456. The number of hydrogen-bond acceptors (Lipinski definition) is 3. The van der Waals surface area contributed by atoms with E-state index in [9.17, 15) is 14.0 Å². The van der Waals surface area contributed by atoms with Crippen LogP contribution in [0.15, 0.2) is 18.5 Å². The van der Waals surface area contributed by atoms with E-state index in [4.69, 9.17) is 0 Å². The van der Waals surface area contributed by atoms with Crippen molar-refractivity contribution in [2.24, 2.45) is 0 Å². The SMILES string of the molecule is CN1CC(NC(=O)c2ccncc2F)CCC1=O. The van der Waals surface area contributed by atoms with Gasteiger partial charge in [0.15, 0.2) is 5.82 Å². The molecule has 0 radical (unpaired) electrons. The second-order valence-electron chi connectivity index (χ2n) is 4.34. The van der Waals surface area contributed by atoms with Crippen LogP contribution in [0, 0.1) is 5.82 Å². The number of nitrogens with zero attached hydrogens (tertiary/aromatic N) is 2. The molecule has 1 N–H and O–H groups in total. The molecule has 0 saturated carbocycles. The highest BCUT2D eigenvalue weighted by Gasteiger charge is 2.25. The lowest BCUT2D eigenvalue weighted by molar-refractivity contribution is -0.132. The third-order valence-electron chi connectivity index (χ3n) is 2.98. The number of likely N-dealkylation sites (N-methyl/N-ethyl adjacent to an activating group) is 1. The molecule has 0 aliphatic carbocycles. The first kappa shape index (κ1) is 12.5. The van der Waals surface area contributed by atoms with Gasteiger partial charge in [0, 0.05) is 32.3 Å². The molecule has 2 amide bonds. The largest absolute Gasteiger partial charge is 0.347 e. The second-order valence-corrected chi connectivity index (χ2v) is 4.34. The number of carbonyl (C=O) groups excluding carboxylic acids is 2. The zero-order valence-corrected chi connectivity index (χ0v) is 10.0. The minimum absolute atomic E-state index is 0.0236. The minimum atomic E-state index is -0.643. The molecular weight excluding hydrogens is 237 g/mol. The predicted octanol–water partition coefficient (Wildman–Crippen LogP) is 0.571. The van der Waals surface area contributed by atoms with Gasteiger partial charge in [0.05, 0.1) is 11.8 Å². The quantitative estimate of drug-likeness (QED) is 0.836. The van der Waals surface area contributed by atoms with Crippen molar-refractivity contribution in [1.29, 1.82) is 0 Å². The molecule has 1 aromatic heterocycles. The Balaban J connectivity index is 2.00. The molecule has 5 nitrogen and oxygen atoms in total. The minimum Gasteiger partial charge on any atom is -0.347 e. The molecule has 2 rings (SSSR count). The topological polar surface area (TPSA) is 62.3 Å². The fourth-order valence-corrected chi connectivity index (χ4v) is 1.95. The maximum atomic E-state index is 13.3. The first-order chi connectivity index (χ1) is 8.58. The lowest BCUT2D eigenvalue weighted by atomic mass is 10.1. The van der Waals surface area contributed by atoms with Gasteiger partial charge < -0.3 is 10.2 Å². The Kier molecular flexibility index (Phi) is 3.55. The molecular formula is C12H14FN3O2. The molecule has 96 valence electrons. The van der Waals surface area contributed by atoms with Gasteiger partial charge in [0.25, 0.3) is 5.91 Å². The molecule has 6 heteroatoms. The Hall–Kier alpha value is -1.98. The van der Waals surface area contributed by atoms with Crippen LogP contribution in [0.1, 0.15) is 23.2 Å². The third-order valence-corrected chi connectivity index (χ3v) is 2.98. The van der Waals surface area contributed by atoms with Crippen LogP contribution >= 0.6 is 0 Å². The van der Waals surface area contributed by atoms with E-state index in [1.165, 1.54) is 12.3 Å². The molecule has 2 heterocycles. The molecule has 1 fully saturated rings. The van der Waals surface area contributed by atoms with Gasteiger partial charge in [-0.2, -0.15) is 0 Å². The number of likely N-dealkylation sites (tertiary alicyclic amines) is 1. The van der Waals surface area contributed by atoms with E-state index in [1.54, 1.807) is 11.9 Å². The highest BCUT2D eigenvalue weighted by atomic mass is 19.1. The number of nitrogens with one attached hydrogen (secondary N) is 1. The highest BCUT2D eigenvalue weighted by molar-refractivity contribution is 5.94. The monoisotopic (exact) mass is 251 g/mol. The van der Waals surface area contributed by atoms with Crippen LogP contribution in [0.5, 0.6) is 0 Å². The van der Waals surface area contributed by atoms with E-state index < -0.39 is 11.7 Å². The van der Waals surface area contributed by atoms with Gasteiger partial charge in [0.1, 0.15) is 0 Å². The standard InChI is InChI=1S/C12H14FN3O2/c1-16-7-8(2-3-11(16)17)15-12(18)9-4-5-14-6-10(9)13/h4-6,8H,2-3,7H2,1H3,(H,15,18). The Morgan fingerprint density at radius 1 is 1.61 bits per heavy atom. The van der Waals surface area contributed by atoms with Crippen molar-refractivity contribution in [3.8, 4) is 0 Å². The van der Waals surface area contributed by atoms with Gasteiger partial charge in [-0.3, -0.25) is 14.6 Å². The first-order valence-corrected chi connectivity index (χ1v) is 5.72. The maximum Gasteiger partial charge on any atom is 0.254 e. The van der Waals surface area contributed by atoms with Crippen LogP contribution in [0.25, 0.3) is 0 Å². The van der Waals surface area contributed by atoms with E-state index in [0.29, 0.717) is 19.4 Å². The van der Waals surface area contributed by atoms with Gasteiger partial charge in [-0.1, -0.05) is 0 Å². The fraction of sp³-hybridized carbons (Fsp3) is 0.417. The Labute approximate surface area is 104 Å². The smallest absolute Gasteiger partial charge is 0.254 e. The van der Waals surface area contributed by atoms with Crippen molar-refractivity contribution in [3.05, 3.63) is 29.8 Å². The van der Waals surface area contributed by atoms with Crippen LogP contribution in [0.3, 0.4) is 0 Å². The molecule has 1 aliphatic rings. The van der Waals surface area contributed by atoms with Gasteiger partial charge in [-0.25, -0.2) is 4.39 Å². The molecule has 1 aromatic rings. The Bertz CT molecular complexity index is 478. The molecule has 0 aromatic carbocycles. The molecule has 1 unspecified atom stereocenters. The molecule has 18 heavy (non-hydrogen) atoms. The lowest BCUT2D eigenvalue weighted by Crippen LogP contribution is -2.48. The normalized spacial score (nSPS) is 19.8. The highest BCUT2D eigenvalue weighted by Crippen LogP contribution is 2.11. The van der Waals surface area contributed by atoms with Gasteiger partial charge in [-0.15, -0.1) is 0 Å². The van der Waals surface area contributed by atoms with Crippen LogP contribution in [0.2, 0.25) is 0 Å². The summed E-state index contributed by atoms with van der Waals surface area (Å²) in [5, 5.41) is 2.73. The summed E-state index contributed by atoms with van der Waals surface area (Å²) in [5.74, 6) is -1.05. The van der Waals surface area contributed by atoms with Crippen molar-refractivity contribution in [1.82, 2.24) is 15.2 Å². The van der Waals surface area contributed by atoms with Gasteiger partial charge in [-0.05, 0) is 12.5 Å². The van der Waals surface area contributed by atoms with Gasteiger partial charge in [0.2, 0.25) is 5.91 Å². The van der Waals surface area contributed by atoms with Crippen molar-refractivity contribution >= 4 is 11.8 Å². The fourth-order valence-electron chi connectivity index (χ4n) is 1.95. The number of aromatic nitrogens is 1. The number of carbonyl (C=O) groups is 2. The molecule has 0 bridgehead atoms. The first-order valence-electron chi connectivity index (χ1n) is 5.72. The van der Waals surface area contributed by atoms with Crippen molar-refractivity contribution in [2.75, 3.05) is 13.6 Å². The number of hydrogen-bond donors (Lipinski definition) is 1. The zero-order valence-electron chi connectivity index (χ0n) is 10.0. The molecule has 1 aliphatic heterocycles. The summed E-state index contributed by atoms with van der Waals surface area (Å²) >= 11 is 0. The van der Waals surface area contributed by atoms with E-state index >= 15 is 0 Å². The van der Waals surface area contributed by atoms with Crippen LogP contribution in [-0.4, -0.2) is 41.3 Å². The summed E-state index contributed by atoms with van der Waals surface area (Å²) in [6, 6.07) is 1.20. The molecule has 1 saturated heterocycles. The number of halogens is 1. The summed E-state index contributed by atoms with van der Waals surface area (Å²) in [5.41, 5.74) is -0.0236. The van der Waals surface area contributed by atoms with Gasteiger partial charge >= 0.3 is 0 Å². The average molecular weight is 251 g/mol. The number of pyridine rings is 1. The number of rotatable bonds is 2. The van der Waals surface area contributed by atoms with E-state index in [1.807, 2.05) is 0 Å².